The van der Waals surface area contributed by atoms with Crippen LogP contribution in [0, 0.1) is 0 Å². The summed E-state index contributed by atoms with van der Waals surface area (Å²) in [4.78, 5) is 26.4. The molecule has 0 atom stereocenters. The number of piperidine rings is 1. The Morgan fingerprint density at radius 1 is 0.897 bits per heavy atom. The molecule has 2 N–H and O–H groups in total. The minimum absolute atomic E-state index is 0.0977. The molecule has 0 spiro atoms. The van der Waals surface area contributed by atoms with Crippen LogP contribution in [-0.2, 0) is 13.0 Å². The molecule has 0 radical (unpaired) electrons. The average molecular weight is 396 g/mol. The number of hydrogen-bond acceptors (Lipinski definition) is 3. The lowest BCUT2D eigenvalue weighted by atomic mass is 10.1. The van der Waals surface area contributed by atoms with Crippen molar-refractivity contribution in [2.75, 3.05) is 26.7 Å². The van der Waals surface area contributed by atoms with Gasteiger partial charge in [0.2, 0.25) is 0 Å². The monoisotopic (exact) mass is 395 g/mol. The Morgan fingerprint density at radius 3 is 2.21 bits per heavy atom. The van der Waals surface area contributed by atoms with E-state index in [-0.39, 0.29) is 11.9 Å². The summed E-state index contributed by atoms with van der Waals surface area (Å²) >= 11 is 0. The topological polar surface area (TPSA) is 70.7 Å². The van der Waals surface area contributed by atoms with E-state index in [0.717, 1.165) is 49.2 Å². The van der Waals surface area contributed by atoms with Crippen molar-refractivity contribution >= 4 is 11.9 Å². The Morgan fingerprint density at radius 2 is 1.55 bits per heavy atom. The van der Waals surface area contributed by atoms with E-state index in [1.807, 2.05) is 53.4 Å². The number of methoxy groups -OCH3 is 1. The summed E-state index contributed by atoms with van der Waals surface area (Å²) in [5.41, 5.74) is 2.81. The molecule has 154 valence electrons. The summed E-state index contributed by atoms with van der Waals surface area (Å²) in [6.07, 6.45) is 4.13. The molecule has 0 unspecified atom stereocenters. The van der Waals surface area contributed by atoms with Gasteiger partial charge < -0.3 is 20.3 Å². The molecule has 3 rings (SSSR count). The fourth-order valence-electron chi connectivity index (χ4n) is 3.40. The van der Waals surface area contributed by atoms with Crippen LogP contribution in [0.5, 0.6) is 5.75 Å². The molecule has 3 amide bonds. The molecule has 0 aromatic heterocycles. The first-order valence-electron chi connectivity index (χ1n) is 10.2. The number of carbonyl (C=O) groups is 2. The maximum atomic E-state index is 12.5. The van der Waals surface area contributed by atoms with Crippen LogP contribution >= 0.6 is 0 Å². The Bertz CT molecular complexity index is 797. The molecule has 2 aromatic carbocycles. The van der Waals surface area contributed by atoms with Crippen LogP contribution < -0.4 is 15.4 Å². The minimum Gasteiger partial charge on any atom is -0.497 e. The lowest BCUT2D eigenvalue weighted by molar-refractivity contribution is 0.0724. The van der Waals surface area contributed by atoms with Gasteiger partial charge in [-0.15, -0.1) is 0 Å². The number of urea groups is 1. The van der Waals surface area contributed by atoms with E-state index >= 15 is 0 Å². The van der Waals surface area contributed by atoms with Gasteiger partial charge in [0.05, 0.1) is 7.11 Å². The molecule has 29 heavy (non-hydrogen) atoms. The standard InChI is InChI=1S/C23H29N3O3/c1-29-21-11-7-18(8-12-21)13-14-24-23(28)25-17-19-5-9-20(10-6-19)22(27)26-15-3-2-4-16-26/h5-12H,2-4,13-17H2,1H3,(H2,24,25,28). The van der Waals surface area contributed by atoms with Crippen LogP contribution in [0.3, 0.4) is 0 Å². The molecule has 1 aliphatic heterocycles. The summed E-state index contributed by atoms with van der Waals surface area (Å²) in [7, 11) is 1.64. The van der Waals surface area contributed by atoms with Crippen LogP contribution in [0.1, 0.15) is 40.7 Å². The lowest BCUT2D eigenvalue weighted by Gasteiger charge is -2.26. The normalized spacial score (nSPS) is 13.6. The van der Waals surface area contributed by atoms with Crippen LogP contribution in [-0.4, -0.2) is 43.6 Å². The maximum absolute atomic E-state index is 12.5. The van der Waals surface area contributed by atoms with Gasteiger partial charge >= 0.3 is 6.03 Å². The number of nitrogens with one attached hydrogen (secondary N) is 2. The van der Waals surface area contributed by atoms with Gasteiger partial charge in [-0.05, 0) is 61.1 Å². The van der Waals surface area contributed by atoms with Gasteiger partial charge in [0.25, 0.3) is 5.91 Å². The zero-order chi connectivity index (χ0) is 20.5. The van der Waals surface area contributed by atoms with Crippen LogP contribution in [0.15, 0.2) is 48.5 Å². The van der Waals surface area contributed by atoms with E-state index in [4.69, 9.17) is 4.74 Å². The first-order valence-corrected chi connectivity index (χ1v) is 10.2. The van der Waals surface area contributed by atoms with Crippen molar-refractivity contribution in [3.63, 3.8) is 0 Å². The molecule has 0 saturated carbocycles. The van der Waals surface area contributed by atoms with Gasteiger partial charge in [0.15, 0.2) is 0 Å². The second-order valence-electron chi connectivity index (χ2n) is 7.26. The smallest absolute Gasteiger partial charge is 0.315 e. The van der Waals surface area contributed by atoms with E-state index in [0.29, 0.717) is 18.7 Å². The molecule has 0 bridgehead atoms. The summed E-state index contributed by atoms with van der Waals surface area (Å²) in [6, 6.07) is 15.1. The first-order chi connectivity index (χ1) is 14.2. The van der Waals surface area contributed by atoms with Crippen LogP contribution in [0.25, 0.3) is 0 Å². The maximum Gasteiger partial charge on any atom is 0.315 e. The zero-order valence-corrected chi connectivity index (χ0v) is 16.9. The molecule has 1 heterocycles. The summed E-state index contributed by atoms with van der Waals surface area (Å²) < 4.78 is 5.14. The van der Waals surface area contributed by atoms with E-state index < -0.39 is 0 Å². The SMILES string of the molecule is COc1ccc(CCNC(=O)NCc2ccc(C(=O)N3CCCCC3)cc2)cc1. The summed E-state index contributed by atoms with van der Waals surface area (Å²) in [5, 5.41) is 5.71. The number of nitrogens with zero attached hydrogens (tertiary/aromatic N) is 1. The molecular formula is C23H29N3O3. The lowest BCUT2D eigenvalue weighted by Crippen LogP contribution is -2.36. The Labute approximate surface area is 172 Å². The van der Waals surface area contributed by atoms with Gasteiger partial charge in [0, 0.05) is 31.7 Å². The van der Waals surface area contributed by atoms with Gasteiger partial charge in [-0.3, -0.25) is 4.79 Å². The van der Waals surface area contributed by atoms with Gasteiger partial charge in [0.1, 0.15) is 5.75 Å². The van der Waals surface area contributed by atoms with Crippen molar-refractivity contribution in [2.45, 2.75) is 32.2 Å². The highest BCUT2D eigenvalue weighted by Crippen LogP contribution is 2.14. The van der Waals surface area contributed by atoms with Crippen molar-refractivity contribution < 1.29 is 14.3 Å². The molecule has 6 heteroatoms. The second kappa shape index (κ2) is 10.5. The van der Waals surface area contributed by atoms with E-state index in [1.165, 1.54) is 6.42 Å². The number of amides is 3. The largest absolute Gasteiger partial charge is 0.497 e. The number of benzene rings is 2. The Balaban J connectivity index is 1.38. The van der Waals surface area contributed by atoms with Gasteiger partial charge in [-0.25, -0.2) is 4.79 Å². The van der Waals surface area contributed by atoms with E-state index in [9.17, 15) is 9.59 Å². The molecule has 1 fully saturated rings. The van der Waals surface area contributed by atoms with Crippen LogP contribution in [0.2, 0.25) is 0 Å². The fraction of sp³-hybridized carbons (Fsp3) is 0.391. The highest BCUT2D eigenvalue weighted by molar-refractivity contribution is 5.94. The first kappa shape index (κ1) is 20.7. The predicted molar refractivity (Wildman–Crippen MR) is 113 cm³/mol. The number of rotatable bonds is 7. The van der Waals surface area contributed by atoms with Gasteiger partial charge in [-0.2, -0.15) is 0 Å². The third-order valence-corrected chi connectivity index (χ3v) is 5.16. The van der Waals surface area contributed by atoms with Gasteiger partial charge in [-0.1, -0.05) is 24.3 Å². The number of carbonyl (C=O) groups excluding carboxylic acids is 2. The van der Waals surface area contributed by atoms with Crippen molar-refractivity contribution in [2.24, 2.45) is 0 Å². The number of ether oxygens (including phenoxy) is 1. The minimum atomic E-state index is -0.202. The van der Waals surface area contributed by atoms with Crippen molar-refractivity contribution in [1.29, 1.82) is 0 Å². The molecular weight excluding hydrogens is 366 g/mol. The molecule has 2 aromatic rings. The number of likely N-dealkylation sites (tertiary alicyclic amines) is 1. The Kier molecular flexibility index (Phi) is 7.50. The van der Waals surface area contributed by atoms with Crippen molar-refractivity contribution in [3.05, 3.63) is 65.2 Å². The summed E-state index contributed by atoms with van der Waals surface area (Å²) in [6.45, 7) is 2.67. The third-order valence-electron chi connectivity index (χ3n) is 5.16. The van der Waals surface area contributed by atoms with Crippen molar-refractivity contribution in [1.82, 2.24) is 15.5 Å². The molecule has 0 aliphatic carbocycles. The molecule has 1 saturated heterocycles. The second-order valence-corrected chi connectivity index (χ2v) is 7.26. The fourth-order valence-corrected chi connectivity index (χ4v) is 3.40. The highest BCUT2D eigenvalue weighted by atomic mass is 16.5. The highest BCUT2D eigenvalue weighted by Gasteiger charge is 2.17. The quantitative estimate of drug-likeness (QED) is 0.755. The van der Waals surface area contributed by atoms with Crippen LogP contribution in [0.4, 0.5) is 4.79 Å². The predicted octanol–water partition coefficient (Wildman–Crippen LogP) is 3.36. The van der Waals surface area contributed by atoms with E-state index in [2.05, 4.69) is 10.6 Å². The van der Waals surface area contributed by atoms with E-state index in [1.54, 1.807) is 7.11 Å². The molecule has 1 aliphatic rings. The summed E-state index contributed by atoms with van der Waals surface area (Å²) in [5.74, 6) is 0.920. The third kappa shape index (κ3) is 6.24. The zero-order valence-electron chi connectivity index (χ0n) is 16.9. The van der Waals surface area contributed by atoms with Crippen molar-refractivity contribution in [3.8, 4) is 5.75 Å². The molecule has 6 nitrogen and oxygen atoms in total. The Hall–Kier alpha value is -3.02. The number of hydrogen-bond donors (Lipinski definition) is 2. The average Bonchev–Trinajstić information content (AvgIpc) is 2.78.